The van der Waals surface area contributed by atoms with E-state index in [-0.39, 0.29) is 32.8 Å². The smallest absolute Gasteiger partial charge is 0.347 e. The normalized spacial score (nSPS) is 10.7. The monoisotopic (exact) mass is 301 g/mol. The van der Waals surface area contributed by atoms with Crippen LogP contribution in [0.5, 0.6) is 0 Å². The van der Waals surface area contributed by atoms with Crippen LogP contribution >= 0.6 is 22.9 Å². The molecule has 0 unspecified atom stereocenters. The quantitative estimate of drug-likeness (QED) is 0.939. The Morgan fingerprint density at radius 1 is 1.58 bits per heavy atom. The zero-order valence-corrected chi connectivity index (χ0v) is 11.4. The maximum atomic E-state index is 13.8. The van der Waals surface area contributed by atoms with Crippen LogP contribution in [0.2, 0.25) is 5.02 Å². The number of halogens is 2. The van der Waals surface area contributed by atoms with E-state index in [4.69, 9.17) is 21.4 Å². The number of benzene rings is 1. The topological polar surface area (TPSA) is 59.4 Å². The van der Waals surface area contributed by atoms with E-state index in [1.807, 2.05) is 0 Å². The van der Waals surface area contributed by atoms with Crippen LogP contribution < -0.4 is 0 Å². The SMILES string of the molecule is COCc1nc(-c2c(F)cccc2Cl)sc1C(=O)O. The highest BCUT2D eigenvalue weighted by Crippen LogP contribution is 2.35. The maximum Gasteiger partial charge on any atom is 0.347 e. The van der Waals surface area contributed by atoms with Gasteiger partial charge in [0.1, 0.15) is 15.7 Å². The summed E-state index contributed by atoms with van der Waals surface area (Å²) in [5.74, 6) is -1.66. The predicted molar refractivity (Wildman–Crippen MR) is 70.2 cm³/mol. The molecule has 2 rings (SSSR count). The van der Waals surface area contributed by atoms with Gasteiger partial charge in [-0.15, -0.1) is 11.3 Å². The van der Waals surface area contributed by atoms with Crippen LogP contribution in [-0.4, -0.2) is 23.2 Å². The molecule has 19 heavy (non-hydrogen) atoms. The van der Waals surface area contributed by atoms with E-state index in [1.54, 1.807) is 0 Å². The Morgan fingerprint density at radius 2 is 2.32 bits per heavy atom. The summed E-state index contributed by atoms with van der Waals surface area (Å²) in [5, 5.41) is 9.50. The van der Waals surface area contributed by atoms with E-state index in [0.29, 0.717) is 0 Å². The molecule has 1 heterocycles. The van der Waals surface area contributed by atoms with Crippen molar-refractivity contribution in [1.82, 2.24) is 4.98 Å². The van der Waals surface area contributed by atoms with Crippen LogP contribution in [0.25, 0.3) is 10.6 Å². The standard InChI is InChI=1S/C12H9ClFNO3S/c1-18-5-8-10(12(16)17)19-11(15-8)9-6(13)3-2-4-7(9)14/h2-4H,5H2,1H3,(H,16,17). The molecular weight excluding hydrogens is 293 g/mol. The maximum absolute atomic E-state index is 13.8. The zero-order valence-electron chi connectivity index (χ0n) is 9.81. The summed E-state index contributed by atoms with van der Waals surface area (Å²) in [5.41, 5.74) is 0.369. The Morgan fingerprint density at radius 3 is 2.89 bits per heavy atom. The molecule has 0 aliphatic rings. The second-order valence-corrected chi connectivity index (χ2v) is 5.04. The van der Waals surface area contributed by atoms with E-state index in [1.165, 1.54) is 25.3 Å². The number of ether oxygens (including phenoxy) is 1. The third-order valence-electron chi connectivity index (χ3n) is 2.35. The number of aromatic carboxylic acids is 1. The predicted octanol–water partition coefficient (Wildman–Crippen LogP) is 3.45. The van der Waals surface area contributed by atoms with Crippen molar-refractivity contribution >= 4 is 28.9 Å². The second-order valence-electron chi connectivity index (χ2n) is 3.63. The van der Waals surface area contributed by atoms with Crippen LogP contribution in [-0.2, 0) is 11.3 Å². The van der Waals surface area contributed by atoms with Gasteiger partial charge in [0.15, 0.2) is 0 Å². The number of carboxylic acid groups (broad SMARTS) is 1. The van der Waals surface area contributed by atoms with Crippen molar-refractivity contribution in [1.29, 1.82) is 0 Å². The second kappa shape index (κ2) is 5.64. The molecule has 0 saturated heterocycles. The molecule has 7 heteroatoms. The molecule has 4 nitrogen and oxygen atoms in total. The van der Waals surface area contributed by atoms with Crippen molar-refractivity contribution in [2.24, 2.45) is 0 Å². The largest absolute Gasteiger partial charge is 0.477 e. The summed E-state index contributed by atoms with van der Waals surface area (Å²) in [6.07, 6.45) is 0. The Hall–Kier alpha value is -1.50. The van der Waals surface area contributed by atoms with Gasteiger partial charge in [-0.1, -0.05) is 17.7 Å². The first-order valence-corrected chi connectivity index (χ1v) is 6.40. The average Bonchev–Trinajstić information content (AvgIpc) is 2.73. The number of hydrogen-bond donors (Lipinski definition) is 1. The number of nitrogens with zero attached hydrogens (tertiary/aromatic N) is 1. The lowest BCUT2D eigenvalue weighted by atomic mass is 10.2. The summed E-state index contributed by atoms with van der Waals surface area (Å²) in [7, 11) is 1.43. The molecule has 0 atom stereocenters. The fourth-order valence-corrected chi connectivity index (χ4v) is 2.84. The van der Waals surface area contributed by atoms with Crippen LogP contribution in [0.1, 0.15) is 15.4 Å². The molecule has 0 amide bonds. The first-order chi connectivity index (χ1) is 9.04. The molecule has 2 aromatic rings. The summed E-state index contributed by atoms with van der Waals surface area (Å²) in [6.45, 7) is 0.0458. The van der Waals surface area contributed by atoms with Crippen LogP contribution in [0.4, 0.5) is 4.39 Å². The van der Waals surface area contributed by atoms with Crippen LogP contribution in [0, 0.1) is 5.82 Å². The first-order valence-electron chi connectivity index (χ1n) is 5.21. The molecule has 0 spiro atoms. The Bertz CT molecular complexity index is 609. The van der Waals surface area contributed by atoms with Gasteiger partial charge in [-0.05, 0) is 12.1 Å². The van der Waals surface area contributed by atoms with Crippen molar-refractivity contribution in [3.8, 4) is 10.6 Å². The highest BCUT2D eigenvalue weighted by atomic mass is 35.5. The number of hydrogen-bond acceptors (Lipinski definition) is 4. The molecule has 0 fully saturated rings. The van der Waals surface area contributed by atoms with Crippen molar-refractivity contribution < 1.29 is 19.0 Å². The van der Waals surface area contributed by atoms with Gasteiger partial charge in [0.05, 0.1) is 22.9 Å². The van der Waals surface area contributed by atoms with Crippen molar-refractivity contribution in [2.75, 3.05) is 7.11 Å². The molecule has 100 valence electrons. The number of carboxylic acids is 1. The average molecular weight is 302 g/mol. The van der Waals surface area contributed by atoms with E-state index in [0.717, 1.165) is 11.3 Å². The van der Waals surface area contributed by atoms with Gasteiger partial charge in [0.2, 0.25) is 0 Å². The minimum absolute atomic E-state index is 0.0242. The number of aromatic nitrogens is 1. The fourth-order valence-electron chi connectivity index (χ4n) is 1.56. The lowest BCUT2D eigenvalue weighted by molar-refractivity contribution is 0.0697. The third kappa shape index (κ3) is 2.75. The van der Waals surface area contributed by atoms with Crippen molar-refractivity contribution in [3.05, 3.63) is 39.6 Å². The van der Waals surface area contributed by atoms with Crippen LogP contribution in [0.15, 0.2) is 18.2 Å². The molecular formula is C12H9ClFNO3S. The molecule has 0 aliphatic heterocycles. The highest BCUT2D eigenvalue weighted by Gasteiger charge is 2.21. The minimum atomic E-state index is -1.12. The summed E-state index contributed by atoms with van der Waals surface area (Å²) in [4.78, 5) is 15.2. The van der Waals surface area contributed by atoms with Crippen molar-refractivity contribution in [3.63, 3.8) is 0 Å². The number of methoxy groups -OCH3 is 1. The summed E-state index contributed by atoms with van der Waals surface area (Å²) in [6, 6.07) is 4.25. The number of thiazole rings is 1. The lowest BCUT2D eigenvalue weighted by Gasteiger charge is -2.01. The molecule has 0 bridgehead atoms. The van der Waals surface area contributed by atoms with Crippen LogP contribution in [0.3, 0.4) is 0 Å². The van der Waals surface area contributed by atoms with E-state index in [9.17, 15) is 9.18 Å². The van der Waals surface area contributed by atoms with Gasteiger partial charge < -0.3 is 9.84 Å². The molecule has 0 aliphatic carbocycles. The van der Waals surface area contributed by atoms with Gasteiger partial charge in [-0.25, -0.2) is 14.2 Å². The van der Waals surface area contributed by atoms with E-state index < -0.39 is 11.8 Å². The fraction of sp³-hybridized carbons (Fsp3) is 0.167. The van der Waals surface area contributed by atoms with Gasteiger partial charge in [0, 0.05) is 7.11 Å². The Labute approximate surface area is 117 Å². The zero-order chi connectivity index (χ0) is 14.0. The summed E-state index contributed by atoms with van der Waals surface area (Å²) >= 11 is 6.80. The number of rotatable bonds is 4. The van der Waals surface area contributed by atoms with E-state index >= 15 is 0 Å². The van der Waals surface area contributed by atoms with Gasteiger partial charge in [-0.2, -0.15) is 0 Å². The minimum Gasteiger partial charge on any atom is -0.477 e. The molecule has 1 N–H and O–H groups in total. The molecule has 1 aromatic carbocycles. The van der Waals surface area contributed by atoms with Gasteiger partial charge >= 0.3 is 5.97 Å². The third-order valence-corrected chi connectivity index (χ3v) is 3.77. The van der Waals surface area contributed by atoms with Gasteiger partial charge in [-0.3, -0.25) is 0 Å². The Balaban J connectivity index is 2.57. The van der Waals surface area contributed by atoms with Gasteiger partial charge in [0.25, 0.3) is 0 Å². The highest BCUT2D eigenvalue weighted by molar-refractivity contribution is 7.17. The van der Waals surface area contributed by atoms with Crippen molar-refractivity contribution in [2.45, 2.75) is 6.61 Å². The molecule has 0 saturated carbocycles. The Kier molecular flexibility index (Phi) is 4.14. The lowest BCUT2D eigenvalue weighted by Crippen LogP contribution is -1.99. The number of carbonyl (C=O) groups is 1. The molecule has 0 radical (unpaired) electrons. The molecule has 1 aromatic heterocycles. The van der Waals surface area contributed by atoms with E-state index in [2.05, 4.69) is 4.98 Å². The first kappa shape index (κ1) is 13.9. The summed E-state index contributed by atoms with van der Waals surface area (Å²) < 4.78 is 18.7.